The second kappa shape index (κ2) is 8.68. The summed E-state index contributed by atoms with van der Waals surface area (Å²) in [5, 5.41) is 7.00. The molecule has 0 saturated heterocycles. The van der Waals surface area contributed by atoms with Gasteiger partial charge in [0.15, 0.2) is 11.5 Å². The molecule has 0 aliphatic carbocycles. The van der Waals surface area contributed by atoms with E-state index < -0.39 is 0 Å². The number of carbonyl (C=O) groups excluding carboxylic acids is 2. The summed E-state index contributed by atoms with van der Waals surface area (Å²) in [5.74, 6) is 0.204. The van der Waals surface area contributed by atoms with Crippen molar-refractivity contribution >= 4 is 45.8 Å². The van der Waals surface area contributed by atoms with Crippen LogP contribution in [0.5, 0.6) is 0 Å². The molecule has 2 heterocycles. The molecule has 2 aromatic heterocycles. The lowest BCUT2D eigenvalue weighted by molar-refractivity contribution is 0.0990. The Bertz CT molecular complexity index is 1430. The average molecular weight is 457 g/mol. The van der Waals surface area contributed by atoms with E-state index in [-0.39, 0.29) is 23.3 Å². The van der Waals surface area contributed by atoms with Crippen LogP contribution < -0.4 is 10.6 Å². The van der Waals surface area contributed by atoms with Gasteiger partial charge in [0.2, 0.25) is 0 Å². The standard InChI is InChI=1S/C26H17ClN2O4/c27-18-6-3-5-16(14-18)22-12-13-23(32-22)25(30)28-19-8-10-20(11-9-19)29-26(31)24-15-17-4-1-2-7-21(17)33-24/h1-15H,(H,28,30)(H,29,31). The van der Waals surface area contributed by atoms with Crippen LogP contribution in [0.25, 0.3) is 22.3 Å². The lowest BCUT2D eigenvalue weighted by atomic mass is 10.2. The van der Waals surface area contributed by atoms with Crippen LogP contribution in [0.15, 0.2) is 99.8 Å². The van der Waals surface area contributed by atoms with Gasteiger partial charge in [-0.05, 0) is 60.7 Å². The number of nitrogens with one attached hydrogen (secondary N) is 2. The van der Waals surface area contributed by atoms with Crippen molar-refractivity contribution in [2.24, 2.45) is 0 Å². The minimum absolute atomic E-state index is 0.173. The van der Waals surface area contributed by atoms with E-state index in [0.717, 1.165) is 10.9 Å². The minimum Gasteiger partial charge on any atom is -0.451 e. The van der Waals surface area contributed by atoms with E-state index in [1.165, 1.54) is 0 Å². The quantitative estimate of drug-likeness (QED) is 0.303. The third kappa shape index (κ3) is 4.51. The first-order valence-corrected chi connectivity index (χ1v) is 10.5. The molecule has 0 aliphatic rings. The first-order valence-electron chi connectivity index (χ1n) is 10.1. The summed E-state index contributed by atoms with van der Waals surface area (Å²) in [4.78, 5) is 25.0. The maximum absolute atomic E-state index is 12.5. The lowest BCUT2D eigenvalue weighted by Crippen LogP contribution is -2.12. The van der Waals surface area contributed by atoms with Crippen LogP contribution in [0.4, 0.5) is 11.4 Å². The van der Waals surface area contributed by atoms with E-state index in [2.05, 4.69) is 10.6 Å². The predicted molar refractivity (Wildman–Crippen MR) is 128 cm³/mol. The maximum atomic E-state index is 12.5. The fourth-order valence-corrected chi connectivity index (χ4v) is 3.56. The van der Waals surface area contributed by atoms with Crippen molar-refractivity contribution in [3.8, 4) is 11.3 Å². The number of carbonyl (C=O) groups is 2. The van der Waals surface area contributed by atoms with Crippen LogP contribution >= 0.6 is 11.6 Å². The average Bonchev–Trinajstić information content (AvgIpc) is 3.48. The summed E-state index contributed by atoms with van der Waals surface area (Å²) in [5.41, 5.74) is 2.56. The summed E-state index contributed by atoms with van der Waals surface area (Å²) in [6, 6.07) is 26.4. The zero-order valence-corrected chi connectivity index (χ0v) is 17.9. The molecule has 33 heavy (non-hydrogen) atoms. The SMILES string of the molecule is O=C(Nc1ccc(NC(=O)c2cc3ccccc3o2)cc1)c1ccc(-c2cccc(Cl)c2)o1. The Balaban J connectivity index is 1.23. The Kier molecular flexibility index (Phi) is 5.42. The minimum atomic E-state index is -0.387. The van der Waals surface area contributed by atoms with E-state index in [9.17, 15) is 9.59 Å². The van der Waals surface area contributed by atoms with Gasteiger partial charge in [-0.3, -0.25) is 9.59 Å². The number of rotatable bonds is 5. The van der Waals surface area contributed by atoms with Gasteiger partial charge in [-0.15, -0.1) is 0 Å². The first kappa shape index (κ1) is 20.6. The van der Waals surface area contributed by atoms with Gasteiger partial charge in [-0.1, -0.05) is 41.9 Å². The highest BCUT2D eigenvalue weighted by Crippen LogP contribution is 2.26. The molecule has 0 bridgehead atoms. The number of furan rings is 2. The monoisotopic (exact) mass is 456 g/mol. The van der Waals surface area contributed by atoms with Gasteiger partial charge in [0.05, 0.1) is 0 Å². The number of halogens is 1. The summed E-state index contributed by atoms with van der Waals surface area (Å²) in [6.07, 6.45) is 0. The zero-order valence-electron chi connectivity index (χ0n) is 17.2. The van der Waals surface area contributed by atoms with E-state index in [4.69, 9.17) is 20.4 Å². The third-order valence-corrected chi connectivity index (χ3v) is 5.22. The van der Waals surface area contributed by atoms with Gasteiger partial charge >= 0.3 is 0 Å². The van der Waals surface area contributed by atoms with Crippen molar-refractivity contribution in [3.63, 3.8) is 0 Å². The maximum Gasteiger partial charge on any atom is 0.291 e. The zero-order chi connectivity index (χ0) is 22.8. The molecule has 5 aromatic rings. The topological polar surface area (TPSA) is 84.5 Å². The summed E-state index contributed by atoms with van der Waals surface area (Å²) < 4.78 is 11.3. The summed E-state index contributed by atoms with van der Waals surface area (Å²) in [7, 11) is 0. The van der Waals surface area contributed by atoms with Gasteiger partial charge < -0.3 is 19.5 Å². The van der Waals surface area contributed by atoms with E-state index in [0.29, 0.717) is 27.7 Å². The molecule has 2 N–H and O–H groups in total. The summed E-state index contributed by atoms with van der Waals surface area (Å²) in [6.45, 7) is 0. The predicted octanol–water partition coefficient (Wildman–Crippen LogP) is 6.85. The molecular weight excluding hydrogens is 440 g/mol. The molecule has 5 rings (SSSR count). The molecule has 3 aromatic carbocycles. The molecule has 0 unspecified atom stereocenters. The molecule has 0 saturated carbocycles. The van der Waals surface area contributed by atoms with Crippen molar-refractivity contribution in [1.29, 1.82) is 0 Å². The van der Waals surface area contributed by atoms with E-state index >= 15 is 0 Å². The van der Waals surface area contributed by atoms with Crippen molar-refractivity contribution in [2.45, 2.75) is 0 Å². The third-order valence-electron chi connectivity index (χ3n) is 4.99. The van der Waals surface area contributed by atoms with Crippen LogP contribution in [0.1, 0.15) is 21.1 Å². The molecule has 6 nitrogen and oxygen atoms in total. The van der Waals surface area contributed by atoms with Crippen molar-refractivity contribution < 1.29 is 18.4 Å². The number of hydrogen-bond acceptors (Lipinski definition) is 4. The number of amides is 2. The largest absolute Gasteiger partial charge is 0.451 e. The van der Waals surface area contributed by atoms with Crippen LogP contribution in [0, 0.1) is 0 Å². The normalized spacial score (nSPS) is 10.8. The van der Waals surface area contributed by atoms with Crippen molar-refractivity contribution in [1.82, 2.24) is 0 Å². The second-order valence-electron chi connectivity index (χ2n) is 7.31. The lowest BCUT2D eigenvalue weighted by Gasteiger charge is -2.06. The second-order valence-corrected chi connectivity index (χ2v) is 7.74. The Hall–Kier alpha value is -4.29. The number of anilines is 2. The van der Waals surface area contributed by atoms with E-state index in [1.807, 2.05) is 30.3 Å². The molecule has 2 amide bonds. The smallest absolute Gasteiger partial charge is 0.291 e. The van der Waals surface area contributed by atoms with Gasteiger partial charge in [0, 0.05) is 27.3 Å². The molecule has 162 valence electrons. The molecule has 0 atom stereocenters. The first-order chi connectivity index (χ1) is 16.0. The fourth-order valence-electron chi connectivity index (χ4n) is 3.37. The highest BCUT2D eigenvalue weighted by atomic mass is 35.5. The van der Waals surface area contributed by atoms with Gasteiger partial charge in [-0.2, -0.15) is 0 Å². The molecule has 0 fully saturated rings. The van der Waals surface area contributed by atoms with E-state index in [1.54, 1.807) is 60.7 Å². The number of benzene rings is 3. The van der Waals surface area contributed by atoms with Crippen molar-refractivity contribution in [2.75, 3.05) is 10.6 Å². The Morgan fingerprint density at radius 3 is 2.06 bits per heavy atom. The van der Waals surface area contributed by atoms with Crippen LogP contribution in [-0.2, 0) is 0 Å². The molecule has 7 heteroatoms. The fraction of sp³-hybridized carbons (Fsp3) is 0. The summed E-state index contributed by atoms with van der Waals surface area (Å²) >= 11 is 6.02. The molecular formula is C26H17ClN2O4. The van der Waals surface area contributed by atoms with Gasteiger partial charge in [0.1, 0.15) is 11.3 Å². The number of fused-ring (bicyclic) bond motifs is 1. The molecule has 0 spiro atoms. The number of hydrogen-bond donors (Lipinski definition) is 2. The Morgan fingerprint density at radius 2 is 1.36 bits per heavy atom. The highest BCUT2D eigenvalue weighted by Gasteiger charge is 2.14. The highest BCUT2D eigenvalue weighted by molar-refractivity contribution is 6.30. The number of para-hydroxylation sites is 1. The van der Waals surface area contributed by atoms with Crippen molar-refractivity contribution in [3.05, 3.63) is 108 Å². The van der Waals surface area contributed by atoms with Gasteiger partial charge in [0.25, 0.3) is 11.8 Å². The van der Waals surface area contributed by atoms with Crippen LogP contribution in [0.3, 0.4) is 0 Å². The molecule has 0 radical (unpaired) electrons. The Morgan fingerprint density at radius 1 is 0.667 bits per heavy atom. The molecule has 0 aliphatic heterocycles. The van der Waals surface area contributed by atoms with Crippen LogP contribution in [0.2, 0.25) is 5.02 Å². The van der Waals surface area contributed by atoms with Gasteiger partial charge in [-0.25, -0.2) is 0 Å². The van der Waals surface area contributed by atoms with Crippen LogP contribution in [-0.4, -0.2) is 11.8 Å². The Labute approximate surface area is 193 Å².